The number of carboxylic acid groups (broad SMARTS) is 7. The maximum absolute atomic E-state index is 12.5. The second-order valence-electron chi connectivity index (χ2n) is 17.1. The molecule has 0 radical (unpaired) electrons. The summed E-state index contributed by atoms with van der Waals surface area (Å²) in [6.45, 7) is 1.68. The number of phenolic OH excluding ortho intramolecular Hbond substituents is 2. The van der Waals surface area contributed by atoms with Crippen molar-refractivity contribution in [3.05, 3.63) is 58.7 Å². The summed E-state index contributed by atoms with van der Waals surface area (Å²) in [4.78, 5) is 127. The summed E-state index contributed by atoms with van der Waals surface area (Å²) < 4.78 is 0. The number of nitrogens with zero attached hydrogens (tertiary/aromatic N) is 2. The van der Waals surface area contributed by atoms with Crippen LogP contribution < -0.4 is 26.6 Å². The molecule has 2 rings (SSSR count). The smallest absolute Gasteiger partial charge is 0.326 e. The van der Waals surface area contributed by atoms with Crippen molar-refractivity contribution in [2.24, 2.45) is 0 Å². The van der Waals surface area contributed by atoms with Crippen LogP contribution in [-0.4, -0.2) is 179 Å². The fourth-order valence-corrected chi connectivity index (χ4v) is 6.86. The number of carbonyl (C=O) groups is 11. The van der Waals surface area contributed by atoms with Crippen LogP contribution in [0.3, 0.4) is 0 Å². The van der Waals surface area contributed by atoms with E-state index in [1.54, 1.807) is 18.2 Å². The Morgan fingerprint density at radius 3 is 1.45 bits per heavy atom. The van der Waals surface area contributed by atoms with Gasteiger partial charge in [-0.3, -0.25) is 48.2 Å². The van der Waals surface area contributed by atoms with Gasteiger partial charge in [0.1, 0.15) is 30.1 Å². The van der Waals surface area contributed by atoms with Gasteiger partial charge in [-0.2, -0.15) is 0 Å². The van der Waals surface area contributed by atoms with Crippen LogP contribution in [0.25, 0.3) is 0 Å². The fraction of sp³-hybridized carbons (Fsp3) is 0.521. The number of carboxylic acids is 7. The third-order valence-corrected chi connectivity index (χ3v) is 10.7. The van der Waals surface area contributed by atoms with E-state index < -0.39 is 98.3 Å². The summed E-state index contributed by atoms with van der Waals surface area (Å²) in [5.74, 6) is -10.1. The van der Waals surface area contributed by atoms with E-state index in [1.807, 2.05) is 10.6 Å². The minimum absolute atomic E-state index is 0.00624. The lowest BCUT2D eigenvalue weighted by Gasteiger charge is -2.26. The number of hydrogen-bond donors (Lipinski definition) is 14. The van der Waals surface area contributed by atoms with Crippen LogP contribution in [0.2, 0.25) is 0 Å². The number of nitrogens with one attached hydrogen (secondary N) is 5. The molecule has 0 spiro atoms. The number of benzene rings is 2. The summed E-state index contributed by atoms with van der Waals surface area (Å²) in [6, 6.07) is 5.32. The number of aryl methyl sites for hydroxylation is 2. The van der Waals surface area contributed by atoms with Gasteiger partial charge in [0.25, 0.3) is 0 Å². The van der Waals surface area contributed by atoms with Crippen LogP contribution in [-0.2, 0) is 73.9 Å². The van der Waals surface area contributed by atoms with Crippen LogP contribution in [0.5, 0.6) is 11.5 Å². The predicted octanol–water partition coefficient (Wildman–Crippen LogP) is 0.762. The largest absolute Gasteiger partial charge is 0.508 e. The van der Waals surface area contributed by atoms with Gasteiger partial charge in [-0.25, -0.2) is 14.4 Å². The topological polar surface area (TPSA) is 436 Å². The van der Waals surface area contributed by atoms with Gasteiger partial charge < -0.3 is 72.5 Å². The van der Waals surface area contributed by atoms with Gasteiger partial charge in [0.15, 0.2) is 0 Å². The van der Waals surface area contributed by atoms with Gasteiger partial charge in [0, 0.05) is 76.1 Å². The lowest BCUT2D eigenvalue weighted by Crippen LogP contribution is -2.47. The number of amides is 5. The van der Waals surface area contributed by atoms with Crippen LogP contribution in [0, 0.1) is 0 Å². The van der Waals surface area contributed by atoms with Crippen LogP contribution in [0.1, 0.15) is 99.8 Å². The van der Waals surface area contributed by atoms with Crippen molar-refractivity contribution in [2.75, 3.05) is 45.8 Å². The third-order valence-electron chi connectivity index (χ3n) is 10.7. The van der Waals surface area contributed by atoms with Gasteiger partial charge >= 0.3 is 47.8 Å². The molecule has 2 aromatic rings. The number of unbranched alkanes of at least 4 members (excludes halogenated alkanes) is 3. The van der Waals surface area contributed by atoms with E-state index in [0.29, 0.717) is 42.6 Å². The molecule has 0 aliphatic rings. The van der Waals surface area contributed by atoms with Gasteiger partial charge in [0.2, 0.25) is 17.7 Å². The number of phenols is 2. The first kappa shape index (κ1) is 64.9. The second-order valence-corrected chi connectivity index (χ2v) is 17.1. The van der Waals surface area contributed by atoms with E-state index in [9.17, 15) is 78.3 Å². The molecule has 0 saturated heterocycles. The molecule has 0 fully saturated rings. The van der Waals surface area contributed by atoms with Crippen LogP contribution in [0.4, 0.5) is 4.79 Å². The van der Waals surface area contributed by atoms with E-state index in [4.69, 9.17) is 20.4 Å². The van der Waals surface area contributed by atoms with Crippen LogP contribution in [0.15, 0.2) is 36.4 Å². The van der Waals surface area contributed by atoms with Gasteiger partial charge in [-0.05, 0) is 61.8 Å². The van der Waals surface area contributed by atoms with Gasteiger partial charge in [-0.1, -0.05) is 44.0 Å². The Bertz CT molecular complexity index is 2260. The minimum Gasteiger partial charge on any atom is -0.508 e. The second kappa shape index (κ2) is 36.0. The van der Waals surface area contributed by atoms with Crippen molar-refractivity contribution in [3.63, 3.8) is 0 Å². The minimum atomic E-state index is -1.61. The Hall–Kier alpha value is -8.07. The molecule has 2 aromatic carbocycles. The lowest BCUT2D eigenvalue weighted by molar-refractivity contribution is -0.147. The van der Waals surface area contributed by atoms with Crippen molar-refractivity contribution in [2.45, 2.75) is 116 Å². The van der Waals surface area contributed by atoms with Gasteiger partial charge in [-0.15, -0.1) is 0 Å². The average Bonchev–Trinajstić information content (AvgIpc) is 3.32. The Morgan fingerprint density at radius 2 is 1.00 bits per heavy atom. The Morgan fingerprint density at radius 1 is 0.507 bits per heavy atom. The van der Waals surface area contributed by atoms with Crippen molar-refractivity contribution < 1.29 is 98.7 Å². The molecule has 2 atom stereocenters. The molecule has 75 heavy (non-hydrogen) atoms. The number of carbonyl (C=O) groups excluding carboxylic acids is 4. The molecular formula is C48H69N7O20. The SMILES string of the molecule is CCCCNC(=O)CCCCCNC(=O)CCc1ccc(O)c(CN(CCN(CC(=O)O)Cc2cc(CCC(=O)NC(CC(=O)O)C(=O)O)ccc2O)CC(=O)O)c1.O=C(O)CCC(NC(=O)NCC(=O)O)C(=O)O. The first-order valence-electron chi connectivity index (χ1n) is 23.9. The number of hydrogen-bond acceptors (Lipinski definition) is 15. The van der Waals surface area contributed by atoms with E-state index in [1.165, 1.54) is 28.0 Å². The first-order valence-corrected chi connectivity index (χ1v) is 23.9. The number of aromatic hydroxyl groups is 2. The fourth-order valence-electron chi connectivity index (χ4n) is 6.86. The first-order chi connectivity index (χ1) is 35.4. The maximum atomic E-state index is 12.5. The molecular weight excluding hydrogens is 995 g/mol. The molecule has 0 heterocycles. The molecule has 0 saturated carbocycles. The molecule has 0 bridgehead atoms. The zero-order valence-electron chi connectivity index (χ0n) is 41.6. The molecule has 27 nitrogen and oxygen atoms in total. The highest BCUT2D eigenvalue weighted by Crippen LogP contribution is 2.23. The number of rotatable bonds is 37. The van der Waals surface area contributed by atoms with Gasteiger partial charge in [0.05, 0.1) is 19.5 Å². The third kappa shape index (κ3) is 31.2. The molecule has 0 aliphatic carbocycles. The number of aliphatic carboxylic acids is 7. The standard InChI is InChI=1S/C40H57N5O13.C8H12N2O7/c1-2-3-16-41-34(48)7-5-4-6-17-42-35(49)14-10-27-8-12-32(46)29(20-27)23-44(25-38(53)54)18-19-45(26-39(55)56)24-30-21-28(9-13-33(30)47)11-15-36(50)43-31(40(57)58)22-37(51)52;11-5(12)2-1-4(7(15)16)10-8(17)9-3-6(13)14/h8-9,12-13,20-21,31,46-47H,2-7,10-11,14-19,22-26H2,1H3,(H,41,48)(H,42,49)(H,43,50)(H,51,52)(H,53,54)(H,55,56)(H,57,58);4H,1-3H2,(H,11,12)(H,13,14)(H,15,16)(H2,9,10,17). The van der Waals surface area contributed by atoms with E-state index in [2.05, 4.69) is 22.9 Å². The molecule has 0 aliphatic heterocycles. The summed E-state index contributed by atoms with van der Waals surface area (Å²) in [7, 11) is 0. The lowest BCUT2D eigenvalue weighted by atomic mass is 10.0. The molecule has 2 unspecified atom stereocenters. The average molecular weight is 1060 g/mol. The Kier molecular flexibility index (Phi) is 31.1. The summed E-state index contributed by atoms with van der Waals surface area (Å²) in [5, 5.41) is 95.6. The maximum Gasteiger partial charge on any atom is 0.326 e. The molecule has 14 N–H and O–H groups in total. The van der Waals surface area contributed by atoms with Crippen molar-refractivity contribution in [1.29, 1.82) is 0 Å². The quantitative estimate of drug-likeness (QED) is 0.0415. The Labute approximate surface area is 431 Å². The van der Waals surface area contributed by atoms with E-state index >= 15 is 0 Å². The summed E-state index contributed by atoms with van der Waals surface area (Å²) in [5.41, 5.74) is 2.03. The highest BCUT2D eigenvalue weighted by Gasteiger charge is 2.24. The zero-order valence-corrected chi connectivity index (χ0v) is 41.6. The molecule has 0 aromatic heterocycles. The monoisotopic (exact) mass is 1060 g/mol. The zero-order chi connectivity index (χ0) is 56.5. The summed E-state index contributed by atoms with van der Waals surface area (Å²) >= 11 is 0. The molecule has 27 heteroatoms. The van der Waals surface area contributed by atoms with Crippen molar-refractivity contribution in [1.82, 2.24) is 36.4 Å². The molecule has 5 amide bonds. The van der Waals surface area contributed by atoms with Crippen molar-refractivity contribution >= 4 is 65.5 Å². The highest BCUT2D eigenvalue weighted by molar-refractivity contribution is 5.87. The number of urea groups is 1. The van der Waals surface area contributed by atoms with Crippen LogP contribution >= 0.6 is 0 Å². The molecule has 416 valence electrons. The highest BCUT2D eigenvalue weighted by atomic mass is 16.4. The van der Waals surface area contributed by atoms with E-state index in [-0.39, 0.29) is 75.2 Å². The normalized spacial score (nSPS) is 11.5. The Balaban J connectivity index is 0.00000140. The summed E-state index contributed by atoms with van der Waals surface area (Å²) in [6.07, 6.45) is 3.65. The van der Waals surface area contributed by atoms with Crippen molar-refractivity contribution in [3.8, 4) is 11.5 Å². The predicted molar refractivity (Wildman–Crippen MR) is 262 cm³/mol. The van der Waals surface area contributed by atoms with E-state index in [0.717, 1.165) is 37.7 Å².